The van der Waals surface area contributed by atoms with E-state index in [4.69, 9.17) is 16.3 Å². The highest BCUT2D eigenvalue weighted by atomic mass is 35.5. The van der Waals surface area contributed by atoms with Crippen LogP contribution in [0, 0.1) is 0 Å². The summed E-state index contributed by atoms with van der Waals surface area (Å²) >= 11 is 6.25. The number of hydrogen-bond donors (Lipinski definition) is 0. The van der Waals surface area contributed by atoms with Gasteiger partial charge in [-0.05, 0) is 12.0 Å². The lowest BCUT2D eigenvalue weighted by molar-refractivity contribution is -0.117. The number of rotatable bonds is 6. The molecular formula is C15H18ClN3O2. The zero-order valence-electron chi connectivity index (χ0n) is 12.4. The van der Waals surface area contributed by atoms with E-state index in [0.29, 0.717) is 17.3 Å². The molecule has 6 heteroatoms. The van der Waals surface area contributed by atoms with Gasteiger partial charge in [-0.1, -0.05) is 24.6 Å². The minimum absolute atomic E-state index is 0.0783. The Bertz CT molecular complexity index is 635. The molecule has 0 radical (unpaired) electrons. The fourth-order valence-corrected chi connectivity index (χ4v) is 2.49. The molecule has 0 aromatic carbocycles. The number of carbonyl (C=O) groups excluding carboxylic acids is 1. The van der Waals surface area contributed by atoms with Gasteiger partial charge < -0.3 is 4.74 Å². The smallest absolute Gasteiger partial charge is 0.212 e. The zero-order valence-corrected chi connectivity index (χ0v) is 13.1. The number of halogens is 1. The average Bonchev–Trinajstić information content (AvgIpc) is 2.75. The van der Waals surface area contributed by atoms with Crippen LogP contribution in [0.3, 0.4) is 0 Å². The van der Waals surface area contributed by atoms with Crippen LogP contribution in [-0.4, -0.2) is 27.7 Å². The molecule has 0 saturated heterocycles. The van der Waals surface area contributed by atoms with Crippen LogP contribution in [0.25, 0.3) is 0 Å². The van der Waals surface area contributed by atoms with Gasteiger partial charge in [0, 0.05) is 25.7 Å². The van der Waals surface area contributed by atoms with Crippen LogP contribution in [0.1, 0.15) is 23.9 Å². The van der Waals surface area contributed by atoms with Gasteiger partial charge in [0.2, 0.25) is 5.88 Å². The molecule has 21 heavy (non-hydrogen) atoms. The lowest BCUT2D eigenvalue weighted by Gasteiger charge is -2.04. The minimum Gasteiger partial charge on any atom is -0.481 e. The highest BCUT2D eigenvalue weighted by molar-refractivity contribution is 6.32. The zero-order chi connectivity index (χ0) is 15.4. The Balaban J connectivity index is 2.06. The number of Topliss-reactive ketones (excluding diaryl/α,β-unsaturated/α-hetero) is 1. The third-order valence-corrected chi connectivity index (χ3v) is 3.71. The maximum atomic E-state index is 12.2. The Kier molecular flexibility index (Phi) is 4.96. The van der Waals surface area contributed by atoms with Crippen molar-refractivity contribution < 1.29 is 9.53 Å². The summed E-state index contributed by atoms with van der Waals surface area (Å²) in [6.07, 6.45) is 3.00. The summed E-state index contributed by atoms with van der Waals surface area (Å²) in [5.41, 5.74) is 2.45. The molecule has 2 rings (SSSR count). The number of pyridine rings is 1. The Hall–Kier alpha value is -1.88. The maximum absolute atomic E-state index is 12.2. The van der Waals surface area contributed by atoms with E-state index in [-0.39, 0.29) is 12.2 Å². The number of ketones is 1. The van der Waals surface area contributed by atoms with E-state index in [1.807, 2.05) is 20.0 Å². The van der Waals surface area contributed by atoms with Crippen molar-refractivity contribution in [3.63, 3.8) is 0 Å². The molecule has 0 saturated carbocycles. The van der Waals surface area contributed by atoms with Crippen molar-refractivity contribution in [2.24, 2.45) is 7.05 Å². The maximum Gasteiger partial charge on any atom is 0.212 e. The number of methoxy groups -OCH3 is 1. The van der Waals surface area contributed by atoms with Crippen molar-refractivity contribution in [1.29, 1.82) is 0 Å². The second kappa shape index (κ2) is 6.72. The Labute approximate surface area is 128 Å². The van der Waals surface area contributed by atoms with Crippen LogP contribution in [0.15, 0.2) is 18.3 Å². The number of carbonyl (C=O) groups is 1. The second-order valence-corrected chi connectivity index (χ2v) is 5.16. The molecule has 2 aromatic rings. The minimum atomic E-state index is 0.0783. The van der Waals surface area contributed by atoms with Gasteiger partial charge in [-0.2, -0.15) is 5.10 Å². The third kappa shape index (κ3) is 3.61. The van der Waals surface area contributed by atoms with E-state index in [9.17, 15) is 4.79 Å². The lowest BCUT2D eigenvalue weighted by Crippen LogP contribution is -2.10. The standard InChI is InChI=1S/C15H18ClN3O2/c1-4-12-15(16)13(19(2)18-12)8-11(20)7-10-5-6-14(21-3)17-9-10/h5-6,9H,4,7-8H2,1-3H3. The molecule has 2 heterocycles. The summed E-state index contributed by atoms with van der Waals surface area (Å²) in [5.74, 6) is 0.614. The number of ether oxygens (including phenoxy) is 1. The van der Waals surface area contributed by atoms with Gasteiger partial charge in [-0.25, -0.2) is 4.98 Å². The molecule has 0 N–H and O–H groups in total. The molecule has 2 aromatic heterocycles. The lowest BCUT2D eigenvalue weighted by atomic mass is 10.1. The number of aryl methyl sites for hydroxylation is 2. The van der Waals surface area contributed by atoms with Gasteiger partial charge in [0.25, 0.3) is 0 Å². The predicted octanol–water partition coefficient (Wildman–Crippen LogP) is 2.39. The van der Waals surface area contributed by atoms with E-state index in [1.54, 1.807) is 24.1 Å². The summed E-state index contributed by atoms with van der Waals surface area (Å²) in [7, 11) is 3.37. The molecule has 0 aliphatic carbocycles. The van der Waals surface area contributed by atoms with Gasteiger partial charge in [0.1, 0.15) is 5.78 Å². The summed E-state index contributed by atoms with van der Waals surface area (Å²) in [6.45, 7) is 1.99. The van der Waals surface area contributed by atoms with Crippen molar-refractivity contribution in [3.8, 4) is 5.88 Å². The predicted molar refractivity (Wildman–Crippen MR) is 80.8 cm³/mol. The summed E-state index contributed by atoms with van der Waals surface area (Å²) in [5, 5.41) is 4.91. The number of nitrogens with zero attached hydrogens (tertiary/aromatic N) is 3. The van der Waals surface area contributed by atoms with Gasteiger partial charge in [0.05, 0.1) is 29.9 Å². The van der Waals surface area contributed by atoms with Crippen LogP contribution < -0.4 is 4.74 Å². The quantitative estimate of drug-likeness (QED) is 0.822. The largest absolute Gasteiger partial charge is 0.481 e. The third-order valence-electron chi connectivity index (χ3n) is 3.28. The molecule has 0 bridgehead atoms. The first-order valence-corrected chi connectivity index (χ1v) is 7.13. The van der Waals surface area contributed by atoms with Crippen LogP contribution >= 0.6 is 11.6 Å². The van der Waals surface area contributed by atoms with Gasteiger partial charge in [0.15, 0.2) is 0 Å². The molecule has 112 valence electrons. The van der Waals surface area contributed by atoms with Crippen LogP contribution in [-0.2, 0) is 31.1 Å². The summed E-state index contributed by atoms with van der Waals surface area (Å²) in [4.78, 5) is 16.3. The fraction of sp³-hybridized carbons (Fsp3) is 0.400. The van der Waals surface area contributed by atoms with Crippen molar-refractivity contribution in [2.75, 3.05) is 7.11 Å². The van der Waals surface area contributed by atoms with Gasteiger partial charge in [-0.15, -0.1) is 0 Å². The van der Waals surface area contributed by atoms with Crippen LogP contribution in [0.5, 0.6) is 5.88 Å². The Morgan fingerprint density at radius 2 is 2.14 bits per heavy atom. The van der Waals surface area contributed by atoms with Crippen molar-refractivity contribution in [3.05, 3.63) is 40.3 Å². The normalized spacial score (nSPS) is 10.7. The monoisotopic (exact) mass is 307 g/mol. The molecule has 0 spiro atoms. The summed E-state index contributed by atoms with van der Waals surface area (Å²) in [6, 6.07) is 3.58. The first-order chi connectivity index (χ1) is 10.0. The van der Waals surface area contributed by atoms with Crippen molar-refractivity contribution >= 4 is 17.4 Å². The molecule has 0 fully saturated rings. The van der Waals surface area contributed by atoms with Gasteiger partial charge in [-0.3, -0.25) is 9.48 Å². The molecule has 0 aliphatic heterocycles. The molecule has 0 unspecified atom stereocenters. The van der Waals surface area contributed by atoms with Crippen LogP contribution in [0.4, 0.5) is 0 Å². The first kappa shape index (κ1) is 15.5. The second-order valence-electron chi connectivity index (χ2n) is 4.79. The first-order valence-electron chi connectivity index (χ1n) is 6.76. The van der Waals surface area contributed by atoms with Crippen molar-refractivity contribution in [1.82, 2.24) is 14.8 Å². The molecule has 5 nitrogen and oxygen atoms in total. The topological polar surface area (TPSA) is 57.0 Å². The molecule has 0 amide bonds. The van der Waals surface area contributed by atoms with E-state index >= 15 is 0 Å². The molecule has 0 atom stereocenters. The van der Waals surface area contributed by atoms with Crippen molar-refractivity contribution in [2.45, 2.75) is 26.2 Å². The van der Waals surface area contributed by atoms with E-state index in [1.165, 1.54) is 0 Å². The highest BCUT2D eigenvalue weighted by Crippen LogP contribution is 2.21. The van der Waals surface area contributed by atoms with Crippen LogP contribution in [0.2, 0.25) is 5.02 Å². The Morgan fingerprint density at radius 3 is 2.67 bits per heavy atom. The molecular weight excluding hydrogens is 290 g/mol. The van der Waals surface area contributed by atoms with E-state index < -0.39 is 0 Å². The van der Waals surface area contributed by atoms with E-state index in [0.717, 1.165) is 23.4 Å². The highest BCUT2D eigenvalue weighted by Gasteiger charge is 2.16. The Morgan fingerprint density at radius 1 is 1.38 bits per heavy atom. The summed E-state index contributed by atoms with van der Waals surface area (Å²) < 4.78 is 6.68. The fourth-order valence-electron chi connectivity index (χ4n) is 2.13. The van der Waals surface area contributed by atoms with E-state index in [2.05, 4.69) is 10.1 Å². The molecule has 0 aliphatic rings. The van der Waals surface area contributed by atoms with Gasteiger partial charge >= 0.3 is 0 Å². The SMILES string of the molecule is CCc1nn(C)c(CC(=O)Cc2ccc(OC)nc2)c1Cl. The number of aromatic nitrogens is 3. The average molecular weight is 308 g/mol. The number of hydrogen-bond acceptors (Lipinski definition) is 4.